The summed E-state index contributed by atoms with van der Waals surface area (Å²) in [5.41, 5.74) is 0.607. The van der Waals surface area contributed by atoms with Gasteiger partial charge in [0.15, 0.2) is 0 Å². The SMILES string of the molecule is C#CCNC(=O)c1ccc(-c2ccc(F)cc2)[nH]c1=O. The summed E-state index contributed by atoms with van der Waals surface area (Å²) in [4.78, 5) is 26.1. The molecule has 0 spiro atoms. The van der Waals surface area contributed by atoms with Crippen LogP contribution in [0.5, 0.6) is 0 Å². The Morgan fingerprint density at radius 2 is 1.95 bits per heavy atom. The Balaban J connectivity index is 2.31. The van der Waals surface area contributed by atoms with Gasteiger partial charge in [0.2, 0.25) is 0 Å². The number of aromatic amines is 1. The van der Waals surface area contributed by atoms with Gasteiger partial charge in [-0.2, -0.15) is 0 Å². The number of terminal acetylenes is 1. The average Bonchev–Trinajstić information content (AvgIpc) is 2.45. The number of rotatable bonds is 3. The zero-order valence-corrected chi connectivity index (χ0v) is 10.4. The molecule has 0 unspecified atom stereocenters. The highest BCUT2D eigenvalue weighted by molar-refractivity contribution is 5.94. The van der Waals surface area contributed by atoms with Crippen LogP contribution in [0.1, 0.15) is 10.4 Å². The number of carbonyl (C=O) groups excluding carboxylic acids is 1. The first kappa shape index (κ1) is 13.6. The summed E-state index contributed by atoms with van der Waals surface area (Å²) in [5.74, 6) is 1.36. The highest BCUT2D eigenvalue weighted by Gasteiger charge is 2.10. The highest BCUT2D eigenvalue weighted by atomic mass is 19.1. The zero-order valence-electron chi connectivity index (χ0n) is 10.4. The summed E-state index contributed by atoms with van der Waals surface area (Å²) in [7, 11) is 0. The molecule has 0 fully saturated rings. The summed E-state index contributed by atoms with van der Waals surface area (Å²) in [6.07, 6.45) is 5.02. The van der Waals surface area contributed by atoms with Crippen LogP contribution in [0.15, 0.2) is 41.2 Å². The van der Waals surface area contributed by atoms with Gasteiger partial charge in [-0.1, -0.05) is 5.92 Å². The van der Waals surface area contributed by atoms with Crippen molar-refractivity contribution in [1.82, 2.24) is 10.3 Å². The molecular weight excluding hydrogens is 259 g/mol. The smallest absolute Gasteiger partial charge is 0.261 e. The van der Waals surface area contributed by atoms with Crippen LogP contribution in [0.4, 0.5) is 4.39 Å². The molecule has 5 heteroatoms. The fourth-order valence-electron chi connectivity index (χ4n) is 1.68. The lowest BCUT2D eigenvalue weighted by Crippen LogP contribution is -2.29. The third-order valence-electron chi connectivity index (χ3n) is 2.66. The number of carbonyl (C=O) groups is 1. The van der Waals surface area contributed by atoms with Crippen molar-refractivity contribution in [3.8, 4) is 23.6 Å². The van der Waals surface area contributed by atoms with E-state index in [1.54, 1.807) is 18.2 Å². The standard InChI is InChI=1S/C15H11FN2O2/c1-2-9-17-14(19)12-7-8-13(18-15(12)20)10-3-5-11(16)6-4-10/h1,3-8H,9H2,(H,17,19)(H,18,20). The average molecular weight is 270 g/mol. The lowest BCUT2D eigenvalue weighted by molar-refractivity contribution is 0.0957. The second kappa shape index (κ2) is 5.85. The Morgan fingerprint density at radius 3 is 2.55 bits per heavy atom. The largest absolute Gasteiger partial charge is 0.341 e. The van der Waals surface area contributed by atoms with Crippen LogP contribution in [0, 0.1) is 18.2 Å². The monoisotopic (exact) mass is 270 g/mol. The van der Waals surface area contributed by atoms with Gasteiger partial charge in [-0.15, -0.1) is 6.42 Å². The molecule has 0 bridgehead atoms. The van der Waals surface area contributed by atoms with E-state index in [1.807, 2.05) is 0 Å². The summed E-state index contributed by atoms with van der Waals surface area (Å²) < 4.78 is 12.8. The summed E-state index contributed by atoms with van der Waals surface area (Å²) in [6, 6.07) is 8.66. The fourth-order valence-corrected chi connectivity index (χ4v) is 1.68. The number of hydrogen-bond donors (Lipinski definition) is 2. The second-order valence-corrected chi connectivity index (χ2v) is 4.01. The molecule has 0 saturated heterocycles. The van der Waals surface area contributed by atoms with Crippen molar-refractivity contribution in [2.45, 2.75) is 0 Å². The van der Waals surface area contributed by atoms with Gasteiger partial charge >= 0.3 is 0 Å². The lowest BCUT2D eigenvalue weighted by atomic mass is 10.1. The molecule has 0 aliphatic rings. The minimum absolute atomic E-state index is 0.0221. The quantitative estimate of drug-likeness (QED) is 0.831. The minimum atomic E-state index is -0.533. The van der Waals surface area contributed by atoms with Gasteiger partial charge in [0.1, 0.15) is 11.4 Å². The molecule has 0 aliphatic heterocycles. The number of aromatic nitrogens is 1. The van der Waals surface area contributed by atoms with Gasteiger partial charge in [0.05, 0.1) is 6.54 Å². The molecule has 1 amide bonds. The molecule has 0 atom stereocenters. The van der Waals surface area contributed by atoms with Gasteiger partial charge in [-0.3, -0.25) is 9.59 Å². The van der Waals surface area contributed by atoms with Gasteiger partial charge in [0, 0.05) is 5.69 Å². The van der Waals surface area contributed by atoms with E-state index >= 15 is 0 Å². The van der Waals surface area contributed by atoms with E-state index in [-0.39, 0.29) is 17.9 Å². The zero-order chi connectivity index (χ0) is 14.5. The van der Waals surface area contributed by atoms with Crippen LogP contribution in [0.25, 0.3) is 11.3 Å². The second-order valence-electron chi connectivity index (χ2n) is 4.01. The van der Waals surface area contributed by atoms with Crippen LogP contribution in [0.3, 0.4) is 0 Å². The van der Waals surface area contributed by atoms with E-state index in [2.05, 4.69) is 16.2 Å². The van der Waals surface area contributed by atoms with E-state index in [0.717, 1.165) is 0 Å². The predicted octanol–water partition coefficient (Wildman–Crippen LogP) is 1.54. The van der Waals surface area contributed by atoms with Crippen molar-refractivity contribution >= 4 is 5.91 Å². The Labute approximate surface area is 114 Å². The number of nitrogens with one attached hydrogen (secondary N) is 2. The maximum Gasteiger partial charge on any atom is 0.261 e. The normalized spacial score (nSPS) is 9.80. The Kier molecular flexibility index (Phi) is 3.96. The number of benzene rings is 1. The lowest BCUT2D eigenvalue weighted by Gasteiger charge is -2.04. The predicted molar refractivity (Wildman–Crippen MR) is 73.6 cm³/mol. The first-order valence-electron chi connectivity index (χ1n) is 5.83. The van der Waals surface area contributed by atoms with Gasteiger partial charge < -0.3 is 10.3 Å². The third-order valence-corrected chi connectivity index (χ3v) is 2.66. The van der Waals surface area contributed by atoms with Crippen molar-refractivity contribution in [3.63, 3.8) is 0 Å². The Morgan fingerprint density at radius 1 is 1.25 bits per heavy atom. The topological polar surface area (TPSA) is 62.0 Å². The molecule has 20 heavy (non-hydrogen) atoms. The Bertz CT molecular complexity index is 727. The van der Waals surface area contributed by atoms with Crippen LogP contribution in [-0.2, 0) is 0 Å². The van der Waals surface area contributed by atoms with Crippen molar-refractivity contribution in [2.24, 2.45) is 0 Å². The van der Waals surface area contributed by atoms with Crippen molar-refractivity contribution in [1.29, 1.82) is 0 Å². The van der Waals surface area contributed by atoms with E-state index in [0.29, 0.717) is 11.3 Å². The van der Waals surface area contributed by atoms with E-state index < -0.39 is 11.5 Å². The minimum Gasteiger partial charge on any atom is -0.341 e. The number of hydrogen-bond acceptors (Lipinski definition) is 2. The van der Waals surface area contributed by atoms with E-state index in [4.69, 9.17) is 6.42 Å². The van der Waals surface area contributed by atoms with E-state index in [1.165, 1.54) is 18.2 Å². The van der Waals surface area contributed by atoms with Gasteiger partial charge in [0.25, 0.3) is 11.5 Å². The molecule has 100 valence electrons. The van der Waals surface area contributed by atoms with Crippen molar-refractivity contribution in [3.05, 3.63) is 58.1 Å². The van der Waals surface area contributed by atoms with Crippen LogP contribution < -0.4 is 10.9 Å². The van der Waals surface area contributed by atoms with Crippen LogP contribution in [0.2, 0.25) is 0 Å². The molecule has 0 saturated carbocycles. The molecule has 1 aromatic carbocycles. The summed E-state index contributed by atoms with van der Waals surface area (Å²) >= 11 is 0. The number of amides is 1. The molecule has 0 aliphatic carbocycles. The molecular formula is C15H11FN2O2. The van der Waals surface area contributed by atoms with Crippen molar-refractivity contribution < 1.29 is 9.18 Å². The summed E-state index contributed by atoms with van der Waals surface area (Å²) in [6.45, 7) is 0.0536. The highest BCUT2D eigenvalue weighted by Crippen LogP contribution is 2.15. The molecule has 2 N–H and O–H groups in total. The van der Waals surface area contributed by atoms with Crippen LogP contribution in [-0.4, -0.2) is 17.4 Å². The van der Waals surface area contributed by atoms with Crippen molar-refractivity contribution in [2.75, 3.05) is 6.54 Å². The van der Waals surface area contributed by atoms with E-state index in [9.17, 15) is 14.0 Å². The number of H-pyrrole nitrogens is 1. The fraction of sp³-hybridized carbons (Fsp3) is 0.0667. The number of halogens is 1. The maximum absolute atomic E-state index is 12.8. The van der Waals surface area contributed by atoms with Crippen LogP contribution >= 0.6 is 0 Å². The number of pyridine rings is 1. The molecule has 2 aromatic rings. The Hall–Kier alpha value is -2.87. The van der Waals surface area contributed by atoms with Gasteiger partial charge in [-0.25, -0.2) is 4.39 Å². The maximum atomic E-state index is 12.8. The molecule has 4 nitrogen and oxygen atoms in total. The molecule has 0 radical (unpaired) electrons. The first-order valence-corrected chi connectivity index (χ1v) is 5.83. The first-order chi connectivity index (χ1) is 9.61. The molecule has 2 rings (SSSR count). The third kappa shape index (κ3) is 2.93. The van der Waals surface area contributed by atoms with Gasteiger partial charge in [-0.05, 0) is 42.0 Å². The molecule has 1 heterocycles. The summed E-state index contributed by atoms with van der Waals surface area (Å²) in [5, 5.41) is 2.41. The molecule has 1 aromatic heterocycles.